The van der Waals surface area contributed by atoms with Crippen molar-refractivity contribution in [2.24, 2.45) is 0 Å². The molecule has 3 rings (SSSR count). The molecule has 5 heteroatoms. The number of aliphatic hydroxyl groups is 1. The maximum atomic E-state index is 12.9. The van der Waals surface area contributed by atoms with E-state index in [0.29, 0.717) is 10.1 Å². The predicted molar refractivity (Wildman–Crippen MR) is 92.8 cm³/mol. The number of nitrogens with zero attached hydrogens (tertiary/aromatic N) is 1. The first kappa shape index (κ1) is 15.7. The average molecular weight is 333 g/mol. The zero-order chi connectivity index (χ0) is 15.9. The van der Waals surface area contributed by atoms with Crippen LogP contribution in [0, 0.1) is 0 Å². The highest BCUT2D eigenvalue weighted by Crippen LogP contribution is 2.41. The van der Waals surface area contributed by atoms with Gasteiger partial charge >= 0.3 is 0 Å². The molecule has 0 amide bonds. The molecule has 1 aliphatic rings. The minimum atomic E-state index is -1.32. The van der Waals surface area contributed by atoms with Crippen molar-refractivity contribution >= 4 is 28.8 Å². The molecule has 2 aromatic rings. The molecule has 0 aromatic heterocycles. The summed E-state index contributed by atoms with van der Waals surface area (Å²) < 4.78 is 14.6. The topological polar surface area (TPSA) is 46.5 Å². The first-order chi connectivity index (χ1) is 10.5. The van der Waals surface area contributed by atoms with Gasteiger partial charge in [0.15, 0.2) is 4.90 Å². The number of fused-ring (bicyclic) bond motifs is 2. The van der Waals surface area contributed by atoms with Gasteiger partial charge in [-0.1, -0.05) is 32.0 Å². The monoisotopic (exact) mass is 333 g/mol. The number of hydrogen-bond donors (Lipinski definition) is 1. The van der Waals surface area contributed by atoms with Gasteiger partial charge in [-0.3, -0.25) is 0 Å². The van der Waals surface area contributed by atoms with Gasteiger partial charge in [-0.25, -0.2) is 0 Å². The molecule has 1 heterocycles. The molecule has 22 heavy (non-hydrogen) atoms. The highest BCUT2D eigenvalue weighted by molar-refractivity contribution is 8.00. The molecule has 1 N–H and O–H groups in total. The lowest BCUT2D eigenvalue weighted by molar-refractivity contribution is 0.218. The van der Waals surface area contributed by atoms with Crippen LogP contribution in [-0.2, 0) is 11.4 Å². The smallest absolute Gasteiger partial charge is 0.187 e. The molecule has 0 bridgehead atoms. The Bertz CT molecular complexity index is 690. The second-order valence-electron chi connectivity index (χ2n) is 5.57. The summed E-state index contributed by atoms with van der Waals surface area (Å²) in [6, 6.07) is 13.4. The second kappa shape index (κ2) is 6.16. The van der Waals surface area contributed by atoms with Crippen LogP contribution in [0.2, 0.25) is 0 Å². The number of anilines is 1. The van der Waals surface area contributed by atoms with Crippen molar-refractivity contribution in [2.75, 3.05) is 11.4 Å². The number of thioether (sulfide) groups is 1. The summed E-state index contributed by atoms with van der Waals surface area (Å²) in [6.45, 7) is 4.26. The Morgan fingerprint density at radius 2 is 1.91 bits per heavy atom. The molecule has 0 spiro atoms. The molecule has 0 radical (unpaired) electrons. The summed E-state index contributed by atoms with van der Waals surface area (Å²) in [5.74, 6) is 0. The summed E-state index contributed by atoms with van der Waals surface area (Å²) in [5, 5.41) is 11.2. The number of hydrogen-bond acceptors (Lipinski definition) is 4. The first-order valence-corrected chi connectivity index (χ1v) is 9.21. The van der Waals surface area contributed by atoms with Crippen LogP contribution in [-0.4, -0.2) is 22.0 Å². The Morgan fingerprint density at radius 1 is 1.18 bits per heavy atom. The molecule has 0 fully saturated rings. The fraction of sp³-hybridized carbons (Fsp3) is 0.294. The maximum absolute atomic E-state index is 12.9. The van der Waals surface area contributed by atoms with Crippen molar-refractivity contribution in [3.63, 3.8) is 0 Å². The SMILES string of the molecule is CC(C)Sc1ccc2c(c1)[S+]([O-])N(C)c1ccccc1C2O. The van der Waals surface area contributed by atoms with Crippen LogP contribution in [0.4, 0.5) is 5.69 Å². The number of aliphatic hydroxyl groups excluding tert-OH is 1. The molecule has 3 nitrogen and oxygen atoms in total. The Balaban J connectivity index is 2.13. The highest BCUT2D eigenvalue weighted by Gasteiger charge is 2.33. The zero-order valence-corrected chi connectivity index (χ0v) is 14.4. The summed E-state index contributed by atoms with van der Waals surface area (Å²) >= 11 is 0.407. The quantitative estimate of drug-likeness (QED) is 0.672. The van der Waals surface area contributed by atoms with E-state index in [1.807, 2.05) is 42.5 Å². The Morgan fingerprint density at radius 3 is 2.64 bits per heavy atom. The Hall–Kier alpha value is -1.14. The zero-order valence-electron chi connectivity index (χ0n) is 12.8. The van der Waals surface area contributed by atoms with Crippen LogP contribution >= 0.6 is 11.8 Å². The molecule has 0 saturated carbocycles. The van der Waals surface area contributed by atoms with Crippen LogP contribution in [0.1, 0.15) is 31.1 Å². The van der Waals surface area contributed by atoms with Gasteiger partial charge in [0.2, 0.25) is 0 Å². The molecular weight excluding hydrogens is 314 g/mol. The van der Waals surface area contributed by atoms with Crippen LogP contribution in [0.15, 0.2) is 52.3 Å². The Kier molecular flexibility index (Phi) is 4.41. The minimum absolute atomic E-state index is 0.456. The van der Waals surface area contributed by atoms with Crippen LogP contribution in [0.5, 0.6) is 0 Å². The van der Waals surface area contributed by atoms with Gasteiger partial charge in [0.25, 0.3) is 0 Å². The molecular formula is C17H19NO2S2. The van der Waals surface area contributed by atoms with Gasteiger partial charge in [-0.2, -0.15) is 4.31 Å². The third kappa shape index (κ3) is 2.74. The van der Waals surface area contributed by atoms with Crippen molar-refractivity contribution < 1.29 is 9.66 Å². The van der Waals surface area contributed by atoms with Gasteiger partial charge in [-0.05, 0) is 18.2 Å². The molecule has 2 atom stereocenters. The lowest BCUT2D eigenvalue weighted by Gasteiger charge is -2.21. The molecule has 2 unspecified atom stereocenters. The Labute approximate surface area is 138 Å². The fourth-order valence-electron chi connectivity index (χ4n) is 2.65. The molecule has 116 valence electrons. The normalized spacial score (nSPS) is 20.5. The largest absolute Gasteiger partial charge is 0.588 e. The summed E-state index contributed by atoms with van der Waals surface area (Å²) in [5.41, 5.74) is 2.33. The summed E-state index contributed by atoms with van der Waals surface area (Å²) in [4.78, 5) is 1.77. The van der Waals surface area contributed by atoms with E-state index >= 15 is 0 Å². The fourth-order valence-corrected chi connectivity index (χ4v) is 4.85. The molecule has 1 aliphatic heterocycles. The minimum Gasteiger partial charge on any atom is -0.588 e. The lowest BCUT2D eigenvalue weighted by atomic mass is 10.00. The summed E-state index contributed by atoms with van der Waals surface area (Å²) in [7, 11) is 1.80. The number of para-hydroxylation sites is 1. The van der Waals surface area contributed by atoms with E-state index in [1.54, 1.807) is 23.1 Å². The van der Waals surface area contributed by atoms with Gasteiger partial charge in [0.1, 0.15) is 17.5 Å². The van der Waals surface area contributed by atoms with E-state index in [0.717, 1.165) is 21.7 Å². The van der Waals surface area contributed by atoms with Crippen LogP contribution in [0.3, 0.4) is 0 Å². The van der Waals surface area contributed by atoms with E-state index in [-0.39, 0.29) is 0 Å². The van der Waals surface area contributed by atoms with Crippen molar-refractivity contribution in [1.82, 2.24) is 0 Å². The average Bonchev–Trinajstić information content (AvgIpc) is 2.58. The van der Waals surface area contributed by atoms with E-state index in [9.17, 15) is 9.66 Å². The van der Waals surface area contributed by atoms with Gasteiger partial charge in [0.05, 0.1) is 12.7 Å². The van der Waals surface area contributed by atoms with Crippen LogP contribution < -0.4 is 4.31 Å². The van der Waals surface area contributed by atoms with Gasteiger partial charge in [-0.15, -0.1) is 11.8 Å². The van der Waals surface area contributed by atoms with Crippen molar-refractivity contribution in [3.05, 3.63) is 53.6 Å². The van der Waals surface area contributed by atoms with Crippen molar-refractivity contribution in [2.45, 2.75) is 35.0 Å². The van der Waals surface area contributed by atoms with Crippen LogP contribution in [0.25, 0.3) is 0 Å². The van der Waals surface area contributed by atoms with E-state index in [2.05, 4.69) is 13.8 Å². The van der Waals surface area contributed by atoms with E-state index in [1.165, 1.54) is 0 Å². The van der Waals surface area contributed by atoms with Crippen molar-refractivity contribution in [1.29, 1.82) is 0 Å². The molecule has 0 aliphatic carbocycles. The first-order valence-electron chi connectivity index (χ1n) is 7.22. The van der Waals surface area contributed by atoms with Crippen molar-refractivity contribution in [3.8, 4) is 0 Å². The van der Waals surface area contributed by atoms with E-state index < -0.39 is 17.5 Å². The van der Waals surface area contributed by atoms with E-state index in [4.69, 9.17) is 0 Å². The van der Waals surface area contributed by atoms with Gasteiger partial charge in [0, 0.05) is 27.3 Å². The second-order valence-corrected chi connectivity index (χ2v) is 8.71. The highest BCUT2D eigenvalue weighted by atomic mass is 32.2. The third-order valence-electron chi connectivity index (χ3n) is 3.66. The number of rotatable bonds is 2. The predicted octanol–water partition coefficient (Wildman–Crippen LogP) is 3.74. The maximum Gasteiger partial charge on any atom is 0.187 e. The lowest BCUT2D eigenvalue weighted by Crippen LogP contribution is -2.26. The number of benzene rings is 2. The standard InChI is InChI=1S/C17H19NO2S2/c1-11(2)21-12-8-9-14-16(10-12)22(20)18(3)15-7-5-4-6-13(15)17(14)19/h4-11,17,19H,1-3H3. The third-order valence-corrected chi connectivity index (χ3v) is 6.08. The molecule has 2 aromatic carbocycles. The van der Waals surface area contributed by atoms with Gasteiger partial charge < -0.3 is 9.66 Å². The molecule has 0 saturated heterocycles. The summed E-state index contributed by atoms with van der Waals surface area (Å²) in [6.07, 6.45) is -0.752.